The zero-order valence-electron chi connectivity index (χ0n) is 16.7. The van der Waals surface area contributed by atoms with Gasteiger partial charge in [-0.3, -0.25) is 4.79 Å². The van der Waals surface area contributed by atoms with Gasteiger partial charge < -0.3 is 14.8 Å². The molecule has 6 heteroatoms. The first-order valence-electron chi connectivity index (χ1n) is 9.47. The number of benzene rings is 3. The number of hydrogen-bond acceptors (Lipinski definition) is 4. The second-order valence-corrected chi connectivity index (χ2v) is 7.21. The minimum absolute atomic E-state index is 0.0737. The first-order chi connectivity index (χ1) is 14.4. The minimum Gasteiger partial charge on any atom is -0.479 e. The number of hydrogen-bond donors (Lipinski definition) is 1. The lowest BCUT2D eigenvalue weighted by atomic mass is 10.2. The second-order valence-electron chi connectivity index (χ2n) is 6.80. The zero-order valence-corrected chi connectivity index (χ0v) is 17.5. The van der Waals surface area contributed by atoms with Crippen molar-refractivity contribution in [2.24, 2.45) is 0 Å². The molecule has 0 heterocycles. The molecule has 0 aliphatic heterocycles. The van der Waals surface area contributed by atoms with E-state index in [0.717, 1.165) is 16.8 Å². The molecule has 30 heavy (non-hydrogen) atoms. The molecule has 0 aromatic heterocycles. The van der Waals surface area contributed by atoms with E-state index in [-0.39, 0.29) is 12.5 Å². The zero-order chi connectivity index (χ0) is 21.5. The highest BCUT2D eigenvalue weighted by Gasteiger charge is 2.17. The number of amides is 1. The number of rotatable bonds is 7. The monoisotopic (exact) mass is 423 g/mol. The summed E-state index contributed by atoms with van der Waals surface area (Å²) in [4.78, 5) is 24.5. The van der Waals surface area contributed by atoms with Crippen molar-refractivity contribution >= 4 is 29.2 Å². The van der Waals surface area contributed by atoms with Gasteiger partial charge in [-0.25, -0.2) is 4.79 Å². The van der Waals surface area contributed by atoms with Gasteiger partial charge in [-0.15, -0.1) is 0 Å². The van der Waals surface area contributed by atoms with Crippen molar-refractivity contribution in [3.63, 3.8) is 0 Å². The summed E-state index contributed by atoms with van der Waals surface area (Å²) < 4.78 is 10.9. The number of anilines is 1. The van der Waals surface area contributed by atoms with Crippen LogP contribution >= 0.6 is 11.6 Å². The maximum absolute atomic E-state index is 12.4. The van der Waals surface area contributed by atoms with Crippen LogP contribution in [0, 0.1) is 6.92 Å². The van der Waals surface area contributed by atoms with Gasteiger partial charge in [-0.1, -0.05) is 47.5 Å². The molecule has 154 valence electrons. The summed E-state index contributed by atoms with van der Waals surface area (Å²) in [5.41, 5.74) is 3.05. The van der Waals surface area contributed by atoms with E-state index >= 15 is 0 Å². The van der Waals surface area contributed by atoms with E-state index in [1.165, 1.54) is 0 Å². The Morgan fingerprint density at radius 3 is 2.30 bits per heavy atom. The summed E-state index contributed by atoms with van der Waals surface area (Å²) in [5.74, 6) is -0.266. The highest BCUT2D eigenvalue weighted by molar-refractivity contribution is 6.31. The van der Waals surface area contributed by atoms with Crippen LogP contribution in [0.2, 0.25) is 5.02 Å². The molecule has 1 atom stereocenters. The molecule has 0 spiro atoms. The van der Waals surface area contributed by atoms with Crippen molar-refractivity contribution in [3.05, 3.63) is 94.5 Å². The lowest BCUT2D eigenvalue weighted by Gasteiger charge is -2.14. The van der Waals surface area contributed by atoms with Crippen LogP contribution in [0.25, 0.3) is 0 Å². The van der Waals surface area contributed by atoms with Crippen LogP contribution in [-0.4, -0.2) is 18.0 Å². The molecule has 3 aromatic rings. The van der Waals surface area contributed by atoms with Gasteiger partial charge in [0.25, 0.3) is 5.91 Å². The Morgan fingerprint density at radius 1 is 0.967 bits per heavy atom. The Kier molecular flexibility index (Phi) is 7.09. The van der Waals surface area contributed by atoms with Crippen molar-refractivity contribution < 1.29 is 19.1 Å². The van der Waals surface area contributed by atoms with Gasteiger partial charge in [-0.2, -0.15) is 0 Å². The first kappa shape index (κ1) is 21.4. The molecule has 3 aromatic carbocycles. The van der Waals surface area contributed by atoms with E-state index in [9.17, 15) is 9.59 Å². The van der Waals surface area contributed by atoms with Gasteiger partial charge in [0.2, 0.25) is 0 Å². The minimum atomic E-state index is -0.806. The Hall–Kier alpha value is -3.31. The number of ether oxygens (including phenoxy) is 2. The lowest BCUT2D eigenvalue weighted by Crippen LogP contribution is -2.26. The average Bonchev–Trinajstić information content (AvgIpc) is 2.75. The van der Waals surface area contributed by atoms with Gasteiger partial charge in [-0.05, 0) is 56.3 Å². The van der Waals surface area contributed by atoms with Crippen molar-refractivity contribution in [2.45, 2.75) is 26.6 Å². The van der Waals surface area contributed by atoms with Gasteiger partial charge in [0.05, 0.1) is 0 Å². The van der Waals surface area contributed by atoms with Gasteiger partial charge in [0.15, 0.2) is 6.10 Å². The van der Waals surface area contributed by atoms with Gasteiger partial charge >= 0.3 is 5.97 Å². The summed E-state index contributed by atoms with van der Waals surface area (Å²) in [6.45, 7) is 3.66. The Labute approximate surface area is 180 Å². The quantitative estimate of drug-likeness (QED) is 0.516. The predicted octanol–water partition coefficient (Wildman–Crippen LogP) is 5.41. The summed E-state index contributed by atoms with van der Waals surface area (Å²) >= 11 is 6.06. The first-order valence-corrected chi connectivity index (χ1v) is 9.85. The third-order valence-electron chi connectivity index (χ3n) is 4.40. The maximum atomic E-state index is 12.4. The number of aryl methyl sites for hydroxylation is 1. The van der Waals surface area contributed by atoms with E-state index in [1.54, 1.807) is 43.3 Å². The molecule has 0 saturated carbocycles. The van der Waals surface area contributed by atoms with Crippen molar-refractivity contribution in [1.29, 1.82) is 0 Å². The van der Waals surface area contributed by atoms with Crippen molar-refractivity contribution in [3.8, 4) is 5.75 Å². The molecule has 0 radical (unpaired) electrons. The van der Waals surface area contributed by atoms with E-state index < -0.39 is 12.1 Å². The van der Waals surface area contributed by atoms with Crippen molar-refractivity contribution in [2.75, 3.05) is 5.32 Å². The van der Waals surface area contributed by atoms with Crippen LogP contribution < -0.4 is 10.1 Å². The Balaban J connectivity index is 1.52. The molecule has 0 bridgehead atoms. The fraction of sp³-hybridized carbons (Fsp3) is 0.167. The van der Waals surface area contributed by atoms with Crippen LogP contribution in [0.3, 0.4) is 0 Å². The highest BCUT2D eigenvalue weighted by atomic mass is 35.5. The number of carbonyl (C=O) groups excluding carboxylic acids is 2. The van der Waals surface area contributed by atoms with E-state index in [0.29, 0.717) is 16.3 Å². The van der Waals surface area contributed by atoms with Crippen LogP contribution in [0.4, 0.5) is 5.69 Å². The lowest BCUT2D eigenvalue weighted by molar-refractivity contribution is -0.152. The van der Waals surface area contributed by atoms with Gasteiger partial charge in [0, 0.05) is 21.8 Å². The summed E-state index contributed by atoms with van der Waals surface area (Å²) in [6, 6.07) is 21.3. The van der Waals surface area contributed by atoms with Crippen LogP contribution in [0.5, 0.6) is 5.75 Å². The molecule has 1 amide bonds. The number of esters is 1. The molecule has 1 N–H and O–H groups in total. The fourth-order valence-electron chi connectivity index (χ4n) is 2.66. The molecular formula is C24H22ClNO4. The van der Waals surface area contributed by atoms with E-state index in [1.807, 2.05) is 43.3 Å². The molecule has 0 fully saturated rings. The maximum Gasteiger partial charge on any atom is 0.347 e. The average molecular weight is 424 g/mol. The molecule has 0 aliphatic carbocycles. The van der Waals surface area contributed by atoms with Gasteiger partial charge in [0.1, 0.15) is 12.4 Å². The normalized spacial score (nSPS) is 11.4. The van der Waals surface area contributed by atoms with Crippen LogP contribution in [0.15, 0.2) is 72.8 Å². The molecule has 0 saturated heterocycles. The SMILES string of the molecule is Cc1ccc(NC(=O)c2ccc(OC(C)C(=O)OCc3ccccc3Cl)cc2)cc1. The summed E-state index contributed by atoms with van der Waals surface area (Å²) in [5, 5.41) is 3.38. The summed E-state index contributed by atoms with van der Waals surface area (Å²) in [6.07, 6.45) is -0.806. The van der Waals surface area contributed by atoms with E-state index in [4.69, 9.17) is 21.1 Å². The molecule has 3 rings (SSSR count). The third-order valence-corrected chi connectivity index (χ3v) is 4.77. The molecular weight excluding hydrogens is 402 g/mol. The molecule has 0 aliphatic rings. The Morgan fingerprint density at radius 2 is 1.63 bits per heavy atom. The largest absolute Gasteiger partial charge is 0.479 e. The van der Waals surface area contributed by atoms with Crippen LogP contribution in [-0.2, 0) is 16.1 Å². The number of halogens is 1. The fourth-order valence-corrected chi connectivity index (χ4v) is 2.85. The molecule has 1 unspecified atom stereocenters. The Bertz CT molecular complexity index is 1020. The standard InChI is InChI=1S/C24H22ClNO4/c1-16-7-11-20(12-8-16)26-23(27)18-9-13-21(14-10-18)30-17(2)24(28)29-15-19-5-3-4-6-22(19)25/h3-14,17H,15H2,1-2H3,(H,26,27). The smallest absolute Gasteiger partial charge is 0.347 e. The second kappa shape index (κ2) is 9.94. The predicted molar refractivity (Wildman–Crippen MR) is 117 cm³/mol. The van der Waals surface area contributed by atoms with Crippen LogP contribution in [0.1, 0.15) is 28.4 Å². The third kappa shape index (κ3) is 5.84. The number of carbonyl (C=O) groups is 2. The highest BCUT2D eigenvalue weighted by Crippen LogP contribution is 2.18. The van der Waals surface area contributed by atoms with Crippen molar-refractivity contribution in [1.82, 2.24) is 0 Å². The topological polar surface area (TPSA) is 64.6 Å². The number of nitrogens with one attached hydrogen (secondary N) is 1. The summed E-state index contributed by atoms with van der Waals surface area (Å²) in [7, 11) is 0. The van der Waals surface area contributed by atoms with E-state index in [2.05, 4.69) is 5.32 Å². The molecule has 5 nitrogen and oxygen atoms in total.